The van der Waals surface area contributed by atoms with Gasteiger partial charge in [0.1, 0.15) is 18.1 Å². The van der Waals surface area contributed by atoms with Gasteiger partial charge in [-0.05, 0) is 41.3 Å². The van der Waals surface area contributed by atoms with Crippen LogP contribution in [0, 0.1) is 0 Å². The van der Waals surface area contributed by atoms with E-state index in [9.17, 15) is 4.79 Å². The molecule has 2 heterocycles. The van der Waals surface area contributed by atoms with Crippen molar-refractivity contribution in [1.82, 2.24) is 10.2 Å². The van der Waals surface area contributed by atoms with Gasteiger partial charge in [-0.3, -0.25) is 9.69 Å². The molecule has 1 amide bonds. The van der Waals surface area contributed by atoms with Crippen molar-refractivity contribution in [2.45, 2.75) is 6.61 Å². The Labute approximate surface area is 217 Å². The Morgan fingerprint density at radius 2 is 1.74 bits per heavy atom. The summed E-state index contributed by atoms with van der Waals surface area (Å²) in [5, 5.41) is 6.81. The molecule has 9 heteroatoms. The van der Waals surface area contributed by atoms with Crippen molar-refractivity contribution in [2.75, 3.05) is 51.3 Å². The van der Waals surface area contributed by atoms with E-state index >= 15 is 0 Å². The fourth-order valence-corrected chi connectivity index (χ4v) is 4.39. The number of piperazine rings is 1. The molecule has 6 nitrogen and oxygen atoms in total. The molecule has 0 unspecified atom stereocenters. The molecule has 34 heavy (non-hydrogen) atoms. The summed E-state index contributed by atoms with van der Waals surface area (Å²) in [5.74, 6) is 1.76. The first-order valence-corrected chi connectivity index (χ1v) is 11.8. The number of carbonyl (C=O) groups is 1. The highest BCUT2D eigenvalue weighted by molar-refractivity contribution is 7.08. The average molecular weight is 525 g/mol. The van der Waals surface area contributed by atoms with E-state index in [1.54, 1.807) is 18.4 Å². The highest BCUT2D eigenvalue weighted by Gasteiger charge is 2.19. The zero-order valence-corrected chi connectivity index (χ0v) is 21.6. The maximum absolute atomic E-state index is 12.1. The molecule has 0 radical (unpaired) electrons. The molecule has 0 saturated carbocycles. The molecule has 0 aliphatic carbocycles. The van der Waals surface area contributed by atoms with Gasteiger partial charge in [0.2, 0.25) is 0 Å². The van der Waals surface area contributed by atoms with Gasteiger partial charge in [0, 0.05) is 50.2 Å². The molecule has 2 aromatic carbocycles. The summed E-state index contributed by atoms with van der Waals surface area (Å²) in [4.78, 5) is 16.8. The van der Waals surface area contributed by atoms with E-state index in [0.717, 1.165) is 61.0 Å². The van der Waals surface area contributed by atoms with Crippen LogP contribution in [0.15, 0.2) is 65.4 Å². The molecule has 1 fully saturated rings. The summed E-state index contributed by atoms with van der Waals surface area (Å²) in [6.07, 6.45) is 0. The predicted molar refractivity (Wildman–Crippen MR) is 144 cm³/mol. The lowest BCUT2D eigenvalue weighted by Gasteiger charge is -2.36. The van der Waals surface area contributed by atoms with Gasteiger partial charge in [-0.25, -0.2) is 0 Å². The largest absolute Gasteiger partial charge is 0.497 e. The van der Waals surface area contributed by atoms with Gasteiger partial charge in [-0.15, -0.1) is 24.8 Å². The minimum Gasteiger partial charge on any atom is -0.497 e. The molecular formula is C25H31Cl2N3O3S. The van der Waals surface area contributed by atoms with Crippen LogP contribution < -0.4 is 19.7 Å². The summed E-state index contributed by atoms with van der Waals surface area (Å²) >= 11 is 1.54. The summed E-state index contributed by atoms with van der Waals surface area (Å²) in [7, 11) is 1.67. The summed E-state index contributed by atoms with van der Waals surface area (Å²) in [6.45, 7) is 5.82. The molecule has 1 N–H and O–H groups in total. The molecule has 184 valence electrons. The number of thiophene rings is 1. The van der Waals surface area contributed by atoms with Gasteiger partial charge in [0.05, 0.1) is 12.8 Å². The molecule has 4 rings (SSSR count). The first-order chi connectivity index (χ1) is 15.7. The minimum absolute atomic E-state index is 0. The normalized spacial score (nSPS) is 13.4. The fourth-order valence-electron chi connectivity index (χ4n) is 3.76. The van der Waals surface area contributed by atoms with Crippen LogP contribution in [0.1, 0.15) is 15.9 Å². The number of para-hydroxylation sites is 2. The SMILES string of the molecule is COc1ccc(COc2ccccc2N2CCN(CCNC(=O)c3ccsc3)CC2)cc1.Cl.Cl. The first-order valence-electron chi connectivity index (χ1n) is 10.9. The van der Waals surface area contributed by atoms with E-state index in [1.165, 1.54) is 0 Å². The number of nitrogens with zero attached hydrogens (tertiary/aromatic N) is 2. The molecule has 3 aromatic rings. The van der Waals surface area contributed by atoms with Crippen LogP contribution in [0.3, 0.4) is 0 Å². The number of carbonyl (C=O) groups excluding carboxylic acids is 1. The Morgan fingerprint density at radius 1 is 1.00 bits per heavy atom. The monoisotopic (exact) mass is 523 g/mol. The van der Waals surface area contributed by atoms with Crippen LogP contribution in [-0.4, -0.2) is 57.2 Å². The number of rotatable bonds is 9. The molecule has 0 atom stereocenters. The number of ether oxygens (including phenoxy) is 2. The van der Waals surface area contributed by atoms with Crippen LogP contribution >= 0.6 is 36.2 Å². The first kappa shape index (κ1) is 27.8. The van der Waals surface area contributed by atoms with Gasteiger partial charge in [0.15, 0.2) is 0 Å². The van der Waals surface area contributed by atoms with Gasteiger partial charge < -0.3 is 19.7 Å². The third kappa shape index (κ3) is 7.53. The van der Waals surface area contributed by atoms with Gasteiger partial charge >= 0.3 is 0 Å². The van der Waals surface area contributed by atoms with Crippen molar-refractivity contribution in [3.63, 3.8) is 0 Å². The third-order valence-electron chi connectivity index (χ3n) is 5.63. The molecular weight excluding hydrogens is 493 g/mol. The van der Waals surface area contributed by atoms with Gasteiger partial charge in [0.25, 0.3) is 5.91 Å². The molecule has 1 aliphatic heterocycles. The molecule has 1 saturated heterocycles. The molecule has 0 spiro atoms. The number of amides is 1. The molecule has 1 aliphatic rings. The van der Waals surface area contributed by atoms with E-state index in [2.05, 4.69) is 27.2 Å². The highest BCUT2D eigenvalue weighted by Crippen LogP contribution is 2.29. The van der Waals surface area contributed by atoms with Crippen molar-refractivity contribution in [1.29, 1.82) is 0 Å². The number of hydrogen-bond donors (Lipinski definition) is 1. The number of methoxy groups -OCH3 is 1. The van der Waals surface area contributed by atoms with Gasteiger partial charge in [-0.1, -0.05) is 24.3 Å². The Bertz CT molecular complexity index is 995. The van der Waals surface area contributed by atoms with Crippen LogP contribution in [-0.2, 0) is 6.61 Å². The topological polar surface area (TPSA) is 54.0 Å². The van der Waals surface area contributed by atoms with Crippen LogP contribution in [0.2, 0.25) is 0 Å². The second kappa shape index (κ2) is 14.1. The molecule has 0 bridgehead atoms. The minimum atomic E-state index is 0. The summed E-state index contributed by atoms with van der Waals surface area (Å²) < 4.78 is 11.4. The van der Waals surface area contributed by atoms with Crippen molar-refractivity contribution in [3.8, 4) is 11.5 Å². The standard InChI is InChI=1S/C25H29N3O3S.2ClH/c1-30-22-8-6-20(7-9-22)18-31-24-5-3-2-4-23(24)28-15-13-27(14-16-28)12-11-26-25(29)21-10-17-32-19-21;;/h2-10,17,19H,11-16,18H2,1H3,(H,26,29);2*1H. The smallest absolute Gasteiger partial charge is 0.252 e. The van der Waals surface area contributed by atoms with E-state index in [0.29, 0.717) is 13.2 Å². The van der Waals surface area contributed by atoms with E-state index in [4.69, 9.17) is 9.47 Å². The second-order valence-electron chi connectivity index (χ2n) is 7.70. The zero-order valence-electron chi connectivity index (χ0n) is 19.1. The quantitative estimate of drug-likeness (QED) is 0.439. The third-order valence-corrected chi connectivity index (χ3v) is 6.31. The Kier molecular flexibility index (Phi) is 11.5. The number of anilines is 1. The van der Waals surface area contributed by atoms with Gasteiger partial charge in [-0.2, -0.15) is 11.3 Å². The highest BCUT2D eigenvalue weighted by atomic mass is 35.5. The van der Waals surface area contributed by atoms with Crippen LogP contribution in [0.4, 0.5) is 5.69 Å². The van der Waals surface area contributed by atoms with Crippen molar-refractivity contribution in [3.05, 3.63) is 76.5 Å². The fraction of sp³-hybridized carbons (Fsp3) is 0.320. The summed E-state index contributed by atoms with van der Waals surface area (Å²) in [6, 6.07) is 18.0. The summed E-state index contributed by atoms with van der Waals surface area (Å²) in [5.41, 5.74) is 2.98. The Morgan fingerprint density at radius 3 is 2.41 bits per heavy atom. The van der Waals surface area contributed by atoms with Crippen LogP contribution in [0.5, 0.6) is 11.5 Å². The van der Waals surface area contributed by atoms with E-state index < -0.39 is 0 Å². The zero-order chi connectivity index (χ0) is 22.2. The van der Waals surface area contributed by atoms with E-state index in [-0.39, 0.29) is 30.7 Å². The lowest BCUT2D eigenvalue weighted by molar-refractivity contribution is 0.0948. The maximum Gasteiger partial charge on any atom is 0.252 e. The number of benzene rings is 2. The second-order valence-corrected chi connectivity index (χ2v) is 8.48. The number of halogens is 2. The van der Waals surface area contributed by atoms with Crippen LogP contribution in [0.25, 0.3) is 0 Å². The van der Waals surface area contributed by atoms with E-state index in [1.807, 2.05) is 53.2 Å². The lowest BCUT2D eigenvalue weighted by Crippen LogP contribution is -2.48. The van der Waals surface area contributed by atoms with Crippen molar-refractivity contribution < 1.29 is 14.3 Å². The van der Waals surface area contributed by atoms with Crippen molar-refractivity contribution >= 4 is 47.7 Å². The Balaban J connectivity index is 0.00000204. The van der Waals surface area contributed by atoms with Crippen molar-refractivity contribution in [2.24, 2.45) is 0 Å². The number of nitrogens with one attached hydrogen (secondary N) is 1. The molecule has 1 aromatic heterocycles. The average Bonchev–Trinajstić information content (AvgIpc) is 3.39. The number of hydrogen-bond acceptors (Lipinski definition) is 6. The predicted octanol–water partition coefficient (Wildman–Crippen LogP) is 4.73. The lowest BCUT2D eigenvalue weighted by atomic mass is 10.2. The maximum atomic E-state index is 12.1. The Hall–Kier alpha value is -2.45.